The van der Waals surface area contributed by atoms with Crippen LogP contribution in [0.15, 0.2) is 54.6 Å². The Bertz CT molecular complexity index is 895. The van der Waals surface area contributed by atoms with Gasteiger partial charge < -0.3 is 5.11 Å². The number of carbonyl (C=O) groups is 1. The van der Waals surface area contributed by atoms with Crippen molar-refractivity contribution < 1.29 is 9.90 Å². The van der Waals surface area contributed by atoms with Gasteiger partial charge in [0.15, 0.2) is 0 Å². The first-order valence-electron chi connectivity index (χ1n) is 9.14. The molecule has 0 aromatic heterocycles. The van der Waals surface area contributed by atoms with Gasteiger partial charge >= 0.3 is 5.97 Å². The van der Waals surface area contributed by atoms with Crippen LogP contribution in [0.1, 0.15) is 37.5 Å². The summed E-state index contributed by atoms with van der Waals surface area (Å²) in [6.45, 7) is 7.02. The lowest BCUT2D eigenvalue weighted by Gasteiger charge is -2.18. The van der Waals surface area contributed by atoms with Crippen molar-refractivity contribution in [3.05, 3.63) is 76.3 Å². The van der Waals surface area contributed by atoms with Crippen LogP contribution in [0, 0.1) is 11.8 Å². The molecule has 0 saturated heterocycles. The van der Waals surface area contributed by atoms with E-state index in [4.69, 9.17) is 16.7 Å². The predicted molar refractivity (Wildman–Crippen MR) is 117 cm³/mol. The van der Waals surface area contributed by atoms with E-state index in [0.717, 1.165) is 16.7 Å². The first-order valence-corrected chi connectivity index (χ1v) is 9.52. The molecule has 0 saturated carbocycles. The van der Waals surface area contributed by atoms with Crippen LogP contribution in [0.5, 0.6) is 0 Å². The highest BCUT2D eigenvalue weighted by Crippen LogP contribution is 2.22. The van der Waals surface area contributed by atoms with Crippen LogP contribution in [0.25, 0.3) is 5.57 Å². The molecule has 0 fully saturated rings. The molecule has 0 heterocycles. The Morgan fingerprint density at radius 1 is 1.11 bits per heavy atom. The molecule has 2 rings (SSSR count). The van der Waals surface area contributed by atoms with Crippen molar-refractivity contribution in [1.29, 1.82) is 0 Å². The number of hydrogen-bond acceptors (Lipinski definition) is 2. The average molecular weight is 396 g/mol. The van der Waals surface area contributed by atoms with Gasteiger partial charge in [-0.25, -0.2) is 0 Å². The molecule has 3 nitrogen and oxygen atoms in total. The summed E-state index contributed by atoms with van der Waals surface area (Å²) in [6, 6.07) is 15.8. The highest BCUT2D eigenvalue weighted by atomic mass is 35.5. The summed E-state index contributed by atoms with van der Waals surface area (Å²) in [6.07, 6.45) is 1.95. The van der Waals surface area contributed by atoms with E-state index in [1.54, 1.807) is 11.9 Å². The van der Waals surface area contributed by atoms with Gasteiger partial charge in [0, 0.05) is 22.7 Å². The number of aliphatic carboxylic acids is 1. The summed E-state index contributed by atoms with van der Waals surface area (Å²) in [5.41, 5.74) is 4.10. The fraction of sp³-hybridized carbons (Fsp3) is 0.292. The lowest BCUT2D eigenvalue weighted by molar-refractivity contribution is -0.137. The van der Waals surface area contributed by atoms with Gasteiger partial charge in [-0.1, -0.05) is 74.6 Å². The molecule has 0 aliphatic rings. The van der Waals surface area contributed by atoms with Gasteiger partial charge in [-0.05, 0) is 47.9 Å². The van der Waals surface area contributed by atoms with E-state index in [2.05, 4.69) is 44.7 Å². The Labute approximate surface area is 172 Å². The Hall–Kier alpha value is -2.54. The second kappa shape index (κ2) is 9.59. The highest BCUT2D eigenvalue weighted by molar-refractivity contribution is 6.30. The van der Waals surface area contributed by atoms with Crippen molar-refractivity contribution in [3.8, 4) is 11.8 Å². The quantitative estimate of drug-likeness (QED) is 0.717. The van der Waals surface area contributed by atoms with E-state index >= 15 is 0 Å². The molecular formula is C24H26ClNO2. The van der Waals surface area contributed by atoms with Crippen molar-refractivity contribution in [2.45, 2.75) is 26.2 Å². The second-order valence-electron chi connectivity index (χ2n) is 7.79. The molecule has 0 aliphatic carbocycles. The number of hydrogen-bond donors (Lipinski definition) is 1. The molecule has 0 atom stereocenters. The van der Waals surface area contributed by atoms with E-state index in [9.17, 15) is 4.79 Å². The van der Waals surface area contributed by atoms with Gasteiger partial charge in [-0.15, -0.1) is 0 Å². The SMILES string of the molecule is CN(CC=C(C#Cc1ccc(C(C)(C)C)cc1)c1ccc(Cl)cc1)CC(=O)O. The van der Waals surface area contributed by atoms with E-state index < -0.39 is 5.97 Å². The van der Waals surface area contributed by atoms with E-state index in [1.165, 1.54) is 5.56 Å². The number of benzene rings is 2. The molecule has 146 valence electrons. The average Bonchev–Trinajstić information content (AvgIpc) is 2.62. The zero-order valence-corrected chi connectivity index (χ0v) is 17.5. The summed E-state index contributed by atoms with van der Waals surface area (Å²) < 4.78 is 0. The molecule has 4 heteroatoms. The summed E-state index contributed by atoms with van der Waals surface area (Å²) in [4.78, 5) is 12.6. The lowest BCUT2D eigenvalue weighted by atomic mass is 9.87. The van der Waals surface area contributed by atoms with Crippen molar-refractivity contribution >= 4 is 23.1 Å². The van der Waals surface area contributed by atoms with Crippen LogP contribution in [-0.2, 0) is 10.2 Å². The highest BCUT2D eigenvalue weighted by Gasteiger charge is 2.12. The summed E-state index contributed by atoms with van der Waals surface area (Å²) in [5.74, 6) is 5.59. The second-order valence-corrected chi connectivity index (χ2v) is 8.23. The third-order valence-corrected chi connectivity index (χ3v) is 4.51. The predicted octanol–water partition coefficient (Wildman–Crippen LogP) is 5.09. The number of halogens is 1. The number of carboxylic acid groups (broad SMARTS) is 1. The van der Waals surface area contributed by atoms with E-state index in [-0.39, 0.29) is 12.0 Å². The lowest BCUT2D eigenvalue weighted by Crippen LogP contribution is -2.25. The number of rotatable bonds is 5. The van der Waals surface area contributed by atoms with Gasteiger partial charge in [0.1, 0.15) is 0 Å². The molecule has 2 aromatic rings. The first kappa shape index (κ1) is 21.8. The topological polar surface area (TPSA) is 40.5 Å². The Morgan fingerprint density at radius 2 is 1.71 bits per heavy atom. The summed E-state index contributed by atoms with van der Waals surface area (Å²) >= 11 is 6.00. The zero-order chi connectivity index (χ0) is 20.7. The van der Waals surface area contributed by atoms with Crippen LogP contribution >= 0.6 is 11.6 Å². The monoisotopic (exact) mass is 395 g/mol. The third-order valence-electron chi connectivity index (χ3n) is 4.26. The standard InChI is InChI=1S/C24H26ClNO2/c1-24(2,3)21-11-6-18(7-12-21)5-8-20(15-16-26(4)17-23(27)28)19-9-13-22(25)14-10-19/h6-7,9-15H,16-17H2,1-4H3,(H,27,28). The smallest absolute Gasteiger partial charge is 0.317 e. The molecule has 0 spiro atoms. The largest absolute Gasteiger partial charge is 0.480 e. The van der Waals surface area contributed by atoms with Crippen molar-refractivity contribution in [3.63, 3.8) is 0 Å². The molecule has 28 heavy (non-hydrogen) atoms. The van der Waals surface area contributed by atoms with Crippen LogP contribution in [0.4, 0.5) is 0 Å². The number of nitrogens with zero attached hydrogens (tertiary/aromatic N) is 1. The van der Waals surface area contributed by atoms with Gasteiger partial charge in [-0.3, -0.25) is 9.69 Å². The molecule has 1 N–H and O–H groups in total. The maximum atomic E-state index is 10.9. The fourth-order valence-corrected chi connectivity index (χ4v) is 2.73. The zero-order valence-electron chi connectivity index (χ0n) is 16.8. The van der Waals surface area contributed by atoms with Crippen LogP contribution in [-0.4, -0.2) is 36.1 Å². The third kappa shape index (κ3) is 6.88. The molecular weight excluding hydrogens is 370 g/mol. The molecule has 0 aliphatic heterocycles. The van der Waals surface area contributed by atoms with Crippen LogP contribution in [0.3, 0.4) is 0 Å². The molecule has 0 amide bonds. The molecule has 0 bridgehead atoms. The number of likely N-dealkylation sites (N-methyl/N-ethyl adjacent to an activating group) is 1. The minimum Gasteiger partial charge on any atom is -0.480 e. The minimum absolute atomic E-state index is 0.0217. The van der Waals surface area contributed by atoms with Gasteiger partial charge in [0.2, 0.25) is 0 Å². The van der Waals surface area contributed by atoms with Crippen molar-refractivity contribution in [2.24, 2.45) is 0 Å². The molecule has 2 aromatic carbocycles. The maximum Gasteiger partial charge on any atom is 0.317 e. The van der Waals surface area contributed by atoms with E-state index in [1.807, 2.05) is 42.5 Å². The minimum atomic E-state index is -0.853. The molecule has 0 unspecified atom stereocenters. The summed E-state index contributed by atoms with van der Waals surface area (Å²) in [7, 11) is 1.77. The fourth-order valence-electron chi connectivity index (χ4n) is 2.61. The van der Waals surface area contributed by atoms with Crippen molar-refractivity contribution in [2.75, 3.05) is 20.1 Å². The van der Waals surface area contributed by atoms with Gasteiger partial charge in [-0.2, -0.15) is 0 Å². The van der Waals surface area contributed by atoms with Crippen LogP contribution in [0.2, 0.25) is 5.02 Å². The Balaban J connectivity index is 2.28. The Morgan fingerprint density at radius 3 is 2.25 bits per heavy atom. The number of allylic oxidation sites excluding steroid dienone is 1. The molecule has 0 radical (unpaired) electrons. The number of carboxylic acids is 1. The van der Waals surface area contributed by atoms with Crippen molar-refractivity contribution in [1.82, 2.24) is 4.90 Å². The van der Waals surface area contributed by atoms with Crippen LogP contribution < -0.4 is 0 Å². The Kier molecular flexibility index (Phi) is 7.45. The van der Waals surface area contributed by atoms with Gasteiger partial charge in [0.05, 0.1) is 6.54 Å². The van der Waals surface area contributed by atoms with Gasteiger partial charge in [0.25, 0.3) is 0 Å². The normalized spacial score (nSPS) is 11.9. The first-order chi connectivity index (χ1) is 13.1. The summed E-state index contributed by atoms with van der Waals surface area (Å²) in [5, 5.41) is 9.59. The maximum absolute atomic E-state index is 10.9. The van der Waals surface area contributed by atoms with E-state index in [0.29, 0.717) is 11.6 Å².